The molecule has 4 fully saturated rings. The van der Waals surface area contributed by atoms with E-state index >= 15 is 0 Å². The average Bonchev–Trinajstić information content (AvgIpc) is 2.93. The minimum Gasteiger partial charge on any atom is -0.347 e. The molecule has 4 aliphatic carbocycles. The van der Waals surface area contributed by atoms with E-state index in [1.807, 2.05) is 0 Å². The van der Waals surface area contributed by atoms with Gasteiger partial charge in [0.05, 0.1) is 0 Å². The molecule has 1 aromatic rings. The SMILES string of the molecule is CC[C@@H](NC(=O)c1cc(C)n(C(F)F)n1)C12CC3CC(CC(C3)C1)C2. The lowest BCUT2D eigenvalue weighted by molar-refractivity contribution is -0.0727. The van der Waals surface area contributed by atoms with Crippen molar-refractivity contribution in [2.75, 3.05) is 0 Å². The van der Waals surface area contributed by atoms with Gasteiger partial charge in [-0.05, 0) is 81.1 Å². The van der Waals surface area contributed by atoms with Crippen LogP contribution in [0.1, 0.15) is 74.6 Å². The lowest BCUT2D eigenvalue weighted by Crippen LogP contribution is -2.56. The molecule has 4 aliphatic rings. The van der Waals surface area contributed by atoms with Gasteiger partial charge in [-0.1, -0.05) is 6.92 Å². The number of carbonyl (C=O) groups is 1. The van der Waals surface area contributed by atoms with Gasteiger partial charge in [0.15, 0.2) is 5.69 Å². The largest absolute Gasteiger partial charge is 0.347 e. The lowest BCUT2D eigenvalue weighted by atomic mass is 9.47. The molecule has 0 spiro atoms. The van der Waals surface area contributed by atoms with Crippen LogP contribution >= 0.6 is 0 Å². The van der Waals surface area contributed by atoms with Gasteiger partial charge >= 0.3 is 6.55 Å². The summed E-state index contributed by atoms with van der Waals surface area (Å²) in [6.45, 7) is 0.950. The Balaban J connectivity index is 1.52. The van der Waals surface area contributed by atoms with Crippen LogP contribution < -0.4 is 5.32 Å². The van der Waals surface area contributed by atoms with Gasteiger partial charge in [0.2, 0.25) is 0 Å². The normalized spacial score (nSPS) is 34.5. The van der Waals surface area contributed by atoms with Crippen LogP contribution in [0.5, 0.6) is 0 Å². The Labute approximate surface area is 147 Å². The minimum atomic E-state index is -2.72. The molecule has 4 bridgehead atoms. The van der Waals surface area contributed by atoms with Crippen molar-refractivity contribution in [1.29, 1.82) is 0 Å². The second-order valence-corrected chi connectivity index (χ2v) is 8.61. The van der Waals surface area contributed by atoms with Crippen molar-refractivity contribution < 1.29 is 13.6 Å². The molecule has 0 unspecified atom stereocenters. The number of carbonyl (C=O) groups excluding carboxylic acids is 1. The van der Waals surface area contributed by atoms with Crippen molar-refractivity contribution in [3.63, 3.8) is 0 Å². The van der Waals surface area contributed by atoms with Gasteiger partial charge in [-0.15, -0.1) is 0 Å². The fraction of sp³-hybridized carbons (Fsp3) is 0.789. The quantitative estimate of drug-likeness (QED) is 0.859. The average molecular weight is 351 g/mol. The van der Waals surface area contributed by atoms with Crippen molar-refractivity contribution in [2.24, 2.45) is 23.2 Å². The molecule has 0 aromatic carbocycles. The third-order valence-electron chi connectivity index (χ3n) is 6.88. The fourth-order valence-corrected chi connectivity index (χ4v) is 6.32. The number of hydrogen-bond acceptors (Lipinski definition) is 2. The first kappa shape index (κ1) is 17.0. The molecule has 6 heteroatoms. The van der Waals surface area contributed by atoms with E-state index in [1.54, 1.807) is 6.92 Å². The maximum atomic E-state index is 12.9. The van der Waals surface area contributed by atoms with Gasteiger partial charge < -0.3 is 5.32 Å². The molecule has 1 amide bonds. The minimum absolute atomic E-state index is 0.0981. The van der Waals surface area contributed by atoms with Crippen LogP contribution in [0.15, 0.2) is 6.07 Å². The monoisotopic (exact) mass is 351 g/mol. The summed E-state index contributed by atoms with van der Waals surface area (Å²) >= 11 is 0. The molecule has 1 aromatic heterocycles. The Morgan fingerprint density at radius 3 is 2.28 bits per heavy atom. The first-order valence-corrected chi connectivity index (χ1v) is 9.55. The molecule has 4 saturated carbocycles. The van der Waals surface area contributed by atoms with E-state index in [4.69, 9.17) is 0 Å². The number of aryl methyl sites for hydroxylation is 1. The summed E-state index contributed by atoms with van der Waals surface area (Å²) in [7, 11) is 0. The number of nitrogens with one attached hydrogen (secondary N) is 1. The summed E-state index contributed by atoms with van der Waals surface area (Å²) in [5.41, 5.74) is 0.614. The number of aromatic nitrogens is 2. The van der Waals surface area contributed by atoms with Crippen LogP contribution in [-0.2, 0) is 0 Å². The first-order valence-electron chi connectivity index (χ1n) is 9.55. The third kappa shape index (κ3) is 2.87. The predicted molar refractivity (Wildman–Crippen MR) is 90.4 cm³/mol. The summed E-state index contributed by atoms with van der Waals surface area (Å²) in [4.78, 5) is 12.7. The molecule has 25 heavy (non-hydrogen) atoms. The Bertz CT molecular complexity index is 634. The van der Waals surface area contributed by atoms with Crippen molar-refractivity contribution in [3.05, 3.63) is 17.5 Å². The Morgan fingerprint density at radius 2 is 1.84 bits per heavy atom. The molecular weight excluding hydrogens is 324 g/mol. The third-order valence-corrected chi connectivity index (χ3v) is 6.88. The molecular formula is C19H27F2N3O. The van der Waals surface area contributed by atoms with Crippen LogP contribution in [0.3, 0.4) is 0 Å². The topological polar surface area (TPSA) is 46.9 Å². The smallest absolute Gasteiger partial charge is 0.333 e. The van der Waals surface area contributed by atoms with Gasteiger partial charge in [-0.2, -0.15) is 13.9 Å². The maximum Gasteiger partial charge on any atom is 0.333 e. The van der Waals surface area contributed by atoms with Crippen molar-refractivity contribution in [3.8, 4) is 0 Å². The molecule has 0 radical (unpaired) electrons. The van der Waals surface area contributed by atoms with E-state index in [2.05, 4.69) is 17.3 Å². The van der Waals surface area contributed by atoms with E-state index in [0.717, 1.165) is 24.2 Å². The number of rotatable bonds is 5. The highest BCUT2D eigenvalue weighted by Crippen LogP contribution is 2.61. The fourth-order valence-electron chi connectivity index (χ4n) is 6.32. The number of hydrogen-bond donors (Lipinski definition) is 1. The Morgan fingerprint density at radius 1 is 1.28 bits per heavy atom. The second-order valence-electron chi connectivity index (χ2n) is 8.61. The van der Waals surface area contributed by atoms with E-state index in [1.165, 1.54) is 44.6 Å². The predicted octanol–water partition coefficient (Wildman–Crippen LogP) is 4.31. The highest BCUT2D eigenvalue weighted by Gasteiger charge is 2.54. The molecule has 4 nitrogen and oxygen atoms in total. The lowest BCUT2D eigenvalue weighted by Gasteiger charge is -2.59. The van der Waals surface area contributed by atoms with Gasteiger partial charge in [-0.25, -0.2) is 4.68 Å². The maximum absolute atomic E-state index is 12.9. The van der Waals surface area contributed by atoms with Gasteiger partial charge in [0.1, 0.15) is 0 Å². The van der Waals surface area contributed by atoms with E-state index in [0.29, 0.717) is 10.4 Å². The summed E-state index contributed by atoms with van der Waals surface area (Å²) in [6, 6.07) is 1.57. The zero-order valence-corrected chi connectivity index (χ0v) is 15.0. The zero-order chi connectivity index (χ0) is 17.8. The van der Waals surface area contributed by atoms with Crippen molar-refractivity contribution >= 4 is 5.91 Å². The standard InChI is InChI=1S/C19H27F2N3O/c1-3-16(19-8-12-5-13(9-19)7-14(6-12)10-19)22-17(25)15-4-11(2)24(23-15)18(20)21/h4,12-14,16,18H,3,5-10H2,1-2H3,(H,22,25)/t12?,13?,14?,16-,19?/m1/s1. The Kier molecular flexibility index (Phi) is 4.12. The van der Waals surface area contributed by atoms with Crippen LogP contribution in [-0.4, -0.2) is 21.7 Å². The van der Waals surface area contributed by atoms with Crippen molar-refractivity contribution in [1.82, 2.24) is 15.1 Å². The van der Waals surface area contributed by atoms with Crippen LogP contribution in [0.4, 0.5) is 8.78 Å². The number of alkyl halides is 2. The number of nitrogens with zero attached hydrogens (tertiary/aromatic N) is 2. The molecule has 5 rings (SSSR count). The van der Waals surface area contributed by atoms with Gasteiger partial charge in [0.25, 0.3) is 5.91 Å². The van der Waals surface area contributed by atoms with Gasteiger partial charge in [0, 0.05) is 11.7 Å². The molecule has 1 atom stereocenters. The summed E-state index contributed by atoms with van der Waals surface area (Å²) in [5.74, 6) is 2.14. The summed E-state index contributed by atoms with van der Waals surface area (Å²) in [5, 5.41) is 6.96. The van der Waals surface area contributed by atoms with E-state index in [9.17, 15) is 13.6 Å². The molecule has 0 aliphatic heterocycles. The Hall–Kier alpha value is -1.46. The van der Waals surface area contributed by atoms with Gasteiger partial charge in [-0.3, -0.25) is 4.79 Å². The number of halogens is 2. The van der Waals surface area contributed by atoms with Crippen LogP contribution in [0.2, 0.25) is 0 Å². The van der Waals surface area contributed by atoms with Crippen molar-refractivity contribution in [2.45, 2.75) is 71.4 Å². The second kappa shape index (κ2) is 6.06. The molecule has 0 saturated heterocycles. The van der Waals surface area contributed by atoms with E-state index in [-0.39, 0.29) is 23.1 Å². The zero-order valence-electron chi connectivity index (χ0n) is 15.0. The highest BCUT2D eigenvalue weighted by molar-refractivity contribution is 5.92. The summed E-state index contributed by atoms with van der Waals surface area (Å²) in [6.07, 6.45) is 8.60. The number of amides is 1. The summed E-state index contributed by atoms with van der Waals surface area (Å²) < 4.78 is 26.4. The van der Waals surface area contributed by atoms with Crippen LogP contribution in [0, 0.1) is 30.1 Å². The molecule has 138 valence electrons. The van der Waals surface area contributed by atoms with Crippen LogP contribution in [0.25, 0.3) is 0 Å². The van der Waals surface area contributed by atoms with E-state index < -0.39 is 6.55 Å². The molecule has 1 N–H and O–H groups in total. The first-order chi connectivity index (χ1) is 11.9. The molecule has 1 heterocycles. The highest BCUT2D eigenvalue weighted by atomic mass is 19.3.